The average molecular weight is 384 g/mol. The molecule has 1 saturated heterocycles. The van der Waals surface area contributed by atoms with Gasteiger partial charge in [-0.1, -0.05) is 0 Å². The fourth-order valence-electron chi connectivity index (χ4n) is 3.13. The van der Waals surface area contributed by atoms with Gasteiger partial charge in [0.05, 0.1) is 19.2 Å². The number of aromatic nitrogens is 2. The maximum absolute atomic E-state index is 12.8. The van der Waals surface area contributed by atoms with E-state index in [1.165, 1.54) is 7.11 Å². The minimum atomic E-state index is -0.425. The third kappa shape index (κ3) is 4.39. The lowest BCUT2D eigenvalue weighted by Crippen LogP contribution is -2.44. The first kappa shape index (κ1) is 19.6. The smallest absolute Gasteiger partial charge is 0.337 e. The lowest BCUT2D eigenvalue weighted by atomic mass is 10.1. The second kappa shape index (κ2) is 8.69. The molecule has 28 heavy (non-hydrogen) atoms. The molecule has 1 aromatic heterocycles. The number of hydrogen-bond donors (Lipinski definition) is 0. The van der Waals surface area contributed by atoms with Crippen LogP contribution in [-0.2, 0) is 4.74 Å². The number of benzene rings is 1. The number of amides is 1. The highest BCUT2D eigenvalue weighted by atomic mass is 16.5. The lowest BCUT2D eigenvalue weighted by molar-refractivity contribution is 0.0527. The summed E-state index contributed by atoms with van der Waals surface area (Å²) in [6.07, 6.45) is 4.75. The van der Waals surface area contributed by atoms with Crippen LogP contribution in [0.25, 0.3) is 0 Å². The van der Waals surface area contributed by atoms with Crippen LogP contribution in [-0.4, -0.2) is 67.1 Å². The molecule has 0 bridgehead atoms. The molecule has 2 aromatic rings. The molecule has 2 heterocycles. The molecule has 3 rings (SSSR count). The Balaban J connectivity index is 1.68. The highest BCUT2D eigenvalue weighted by Gasteiger charge is 2.27. The second-order valence-electron chi connectivity index (χ2n) is 6.78. The van der Waals surface area contributed by atoms with Crippen molar-refractivity contribution in [2.75, 3.05) is 39.2 Å². The topological polar surface area (TPSA) is 84.9 Å². The van der Waals surface area contributed by atoms with Gasteiger partial charge in [-0.05, 0) is 37.1 Å². The van der Waals surface area contributed by atoms with Gasteiger partial charge in [-0.2, -0.15) is 0 Å². The molecule has 0 N–H and O–H groups in total. The minimum Gasteiger partial charge on any atom is -0.470 e. The fraction of sp³-hybridized carbons (Fsp3) is 0.400. The summed E-state index contributed by atoms with van der Waals surface area (Å²) in [6.45, 7) is 1.14. The molecule has 1 fully saturated rings. The summed E-state index contributed by atoms with van der Waals surface area (Å²) in [6, 6.07) is 6.48. The highest BCUT2D eigenvalue weighted by molar-refractivity contribution is 5.96. The molecular formula is C20H24N4O4. The molecular weight excluding hydrogens is 360 g/mol. The van der Waals surface area contributed by atoms with Gasteiger partial charge in [0.15, 0.2) is 5.82 Å². The summed E-state index contributed by atoms with van der Waals surface area (Å²) < 4.78 is 10.7. The Labute approximate surface area is 164 Å². The molecule has 1 atom stereocenters. The molecule has 0 aliphatic carbocycles. The summed E-state index contributed by atoms with van der Waals surface area (Å²) >= 11 is 0. The molecule has 1 unspecified atom stereocenters. The van der Waals surface area contributed by atoms with E-state index in [4.69, 9.17) is 4.74 Å². The van der Waals surface area contributed by atoms with E-state index < -0.39 is 5.97 Å². The molecule has 0 saturated carbocycles. The number of anilines is 1. The van der Waals surface area contributed by atoms with Crippen LogP contribution in [0.3, 0.4) is 0 Å². The summed E-state index contributed by atoms with van der Waals surface area (Å²) in [5.41, 5.74) is 0.944. The first-order chi connectivity index (χ1) is 13.5. The normalized spacial score (nSPS) is 16.4. The fourth-order valence-corrected chi connectivity index (χ4v) is 3.13. The van der Waals surface area contributed by atoms with Crippen molar-refractivity contribution in [2.24, 2.45) is 0 Å². The maximum atomic E-state index is 12.8. The van der Waals surface area contributed by atoms with E-state index in [2.05, 4.69) is 14.7 Å². The first-order valence-electron chi connectivity index (χ1n) is 9.12. The van der Waals surface area contributed by atoms with Gasteiger partial charge in [-0.15, -0.1) is 0 Å². The largest absolute Gasteiger partial charge is 0.470 e. The van der Waals surface area contributed by atoms with E-state index in [0.717, 1.165) is 12.8 Å². The Morgan fingerprint density at radius 2 is 1.79 bits per heavy atom. The predicted molar refractivity (Wildman–Crippen MR) is 104 cm³/mol. The van der Waals surface area contributed by atoms with Crippen molar-refractivity contribution < 1.29 is 19.1 Å². The summed E-state index contributed by atoms with van der Waals surface area (Å²) in [5.74, 6) is 0.612. The molecule has 148 valence electrons. The first-order valence-corrected chi connectivity index (χ1v) is 9.12. The monoisotopic (exact) mass is 384 g/mol. The summed E-state index contributed by atoms with van der Waals surface area (Å²) in [7, 11) is 5.09. The van der Waals surface area contributed by atoms with E-state index in [-0.39, 0.29) is 12.0 Å². The molecule has 1 aromatic carbocycles. The minimum absolute atomic E-state index is 0.0864. The zero-order valence-corrected chi connectivity index (χ0v) is 16.3. The van der Waals surface area contributed by atoms with Crippen molar-refractivity contribution in [3.05, 3.63) is 47.8 Å². The number of rotatable bonds is 5. The standard InChI is InChI=1S/C20H24N4O4/c1-23(2)17-18(22-11-10-21-17)28-16-5-4-12-24(13-16)19(25)14-6-8-15(9-7-14)20(26)27-3/h6-11,16H,4-5,12-13H2,1-3H3. The Morgan fingerprint density at radius 1 is 1.11 bits per heavy atom. The number of likely N-dealkylation sites (tertiary alicyclic amines) is 1. The van der Waals surface area contributed by atoms with Crippen molar-refractivity contribution in [3.8, 4) is 5.88 Å². The lowest BCUT2D eigenvalue weighted by Gasteiger charge is -2.33. The number of nitrogens with zero attached hydrogens (tertiary/aromatic N) is 4. The highest BCUT2D eigenvalue weighted by Crippen LogP contribution is 2.24. The number of carbonyl (C=O) groups is 2. The van der Waals surface area contributed by atoms with Crippen molar-refractivity contribution in [3.63, 3.8) is 0 Å². The maximum Gasteiger partial charge on any atom is 0.337 e. The van der Waals surface area contributed by atoms with Gasteiger partial charge < -0.3 is 19.3 Å². The SMILES string of the molecule is COC(=O)c1ccc(C(=O)N2CCCC(Oc3nccnc3N(C)C)C2)cc1. The zero-order valence-electron chi connectivity index (χ0n) is 16.3. The van der Waals surface area contributed by atoms with Crippen LogP contribution < -0.4 is 9.64 Å². The van der Waals surface area contributed by atoms with E-state index in [0.29, 0.717) is 35.9 Å². The molecule has 1 amide bonds. The summed E-state index contributed by atoms with van der Waals surface area (Å²) in [5, 5.41) is 0. The second-order valence-corrected chi connectivity index (χ2v) is 6.78. The number of piperidine rings is 1. The van der Waals surface area contributed by atoms with Gasteiger partial charge >= 0.3 is 5.97 Å². The Morgan fingerprint density at radius 3 is 2.46 bits per heavy atom. The van der Waals surface area contributed by atoms with E-state index >= 15 is 0 Å². The van der Waals surface area contributed by atoms with Gasteiger partial charge in [-0.25, -0.2) is 14.8 Å². The van der Waals surface area contributed by atoms with Crippen LogP contribution in [0.2, 0.25) is 0 Å². The van der Waals surface area contributed by atoms with E-state index in [9.17, 15) is 9.59 Å². The predicted octanol–water partition coefficient (Wildman–Crippen LogP) is 2.01. The number of esters is 1. The molecule has 1 aliphatic rings. The van der Waals surface area contributed by atoms with Crippen LogP contribution >= 0.6 is 0 Å². The molecule has 0 spiro atoms. The molecule has 0 radical (unpaired) electrons. The van der Waals surface area contributed by atoms with Crippen LogP contribution in [0.15, 0.2) is 36.7 Å². The summed E-state index contributed by atoms with van der Waals surface area (Å²) in [4.78, 5) is 36.6. The van der Waals surface area contributed by atoms with Gasteiger partial charge in [0.25, 0.3) is 11.8 Å². The van der Waals surface area contributed by atoms with Gasteiger partial charge in [-0.3, -0.25) is 4.79 Å². The molecule has 1 aliphatic heterocycles. The number of methoxy groups -OCH3 is 1. The Bertz CT molecular complexity index is 838. The number of carbonyl (C=O) groups excluding carboxylic acids is 2. The van der Waals surface area contributed by atoms with Gasteiger partial charge in [0, 0.05) is 38.6 Å². The van der Waals surface area contributed by atoms with Crippen molar-refractivity contribution >= 4 is 17.7 Å². The zero-order chi connectivity index (χ0) is 20.1. The van der Waals surface area contributed by atoms with Gasteiger partial charge in [0.1, 0.15) is 6.10 Å². The van der Waals surface area contributed by atoms with Crippen LogP contribution in [0.1, 0.15) is 33.6 Å². The average Bonchev–Trinajstić information content (AvgIpc) is 2.73. The van der Waals surface area contributed by atoms with E-state index in [1.807, 2.05) is 19.0 Å². The van der Waals surface area contributed by atoms with Crippen LogP contribution in [0, 0.1) is 0 Å². The van der Waals surface area contributed by atoms with E-state index in [1.54, 1.807) is 41.6 Å². The third-order valence-electron chi connectivity index (χ3n) is 4.57. The van der Waals surface area contributed by atoms with Crippen molar-refractivity contribution in [1.29, 1.82) is 0 Å². The Hall–Kier alpha value is -3.16. The number of hydrogen-bond acceptors (Lipinski definition) is 7. The number of ether oxygens (including phenoxy) is 2. The van der Waals surface area contributed by atoms with Crippen molar-refractivity contribution in [2.45, 2.75) is 18.9 Å². The van der Waals surface area contributed by atoms with Crippen LogP contribution in [0.4, 0.5) is 5.82 Å². The third-order valence-corrected chi connectivity index (χ3v) is 4.57. The van der Waals surface area contributed by atoms with Gasteiger partial charge in [0.2, 0.25) is 0 Å². The molecule has 8 nitrogen and oxygen atoms in total. The Kier molecular flexibility index (Phi) is 6.08. The molecule has 8 heteroatoms. The van der Waals surface area contributed by atoms with Crippen LogP contribution in [0.5, 0.6) is 5.88 Å². The van der Waals surface area contributed by atoms with Crippen molar-refractivity contribution in [1.82, 2.24) is 14.9 Å². The quantitative estimate of drug-likeness (QED) is 0.729.